The smallest absolute Gasteiger partial charge is 0.322 e. The molecule has 0 radical (unpaired) electrons. The van der Waals surface area contributed by atoms with Crippen LogP contribution in [0.25, 0.3) is 0 Å². The Bertz CT molecular complexity index is 358. The van der Waals surface area contributed by atoms with E-state index in [1.807, 2.05) is 6.92 Å². The van der Waals surface area contributed by atoms with Crippen molar-refractivity contribution < 1.29 is 14.3 Å². The van der Waals surface area contributed by atoms with Gasteiger partial charge in [-0.3, -0.25) is 4.79 Å². The van der Waals surface area contributed by atoms with Crippen molar-refractivity contribution in [2.45, 2.75) is 29.3 Å². The first-order valence-electron chi connectivity index (χ1n) is 6.56. The van der Waals surface area contributed by atoms with Gasteiger partial charge < -0.3 is 9.47 Å². The van der Waals surface area contributed by atoms with Crippen molar-refractivity contribution in [3.8, 4) is 0 Å². The van der Waals surface area contributed by atoms with E-state index < -0.39 is 0 Å². The average molecular weight is 476 g/mol. The number of halogens is 2. The van der Waals surface area contributed by atoms with Gasteiger partial charge in [0, 0.05) is 10.3 Å². The Morgan fingerprint density at radius 2 is 2.06 bits per heavy atom. The van der Waals surface area contributed by atoms with Crippen LogP contribution in [0.15, 0.2) is 0 Å². The van der Waals surface area contributed by atoms with Crippen LogP contribution >= 0.6 is 45.2 Å². The summed E-state index contributed by atoms with van der Waals surface area (Å²) >= 11 is 4.46. The summed E-state index contributed by atoms with van der Waals surface area (Å²) in [5.41, 5.74) is 0. The monoisotopic (exact) mass is 476 g/mol. The van der Waals surface area contributed by atoms with Gasteiger partial charge in [-0.2, -0.15) is 0 Å². The molecule has 0 aromatic carbocycles. The summed E-state index contributed by atoms with van der Waals surface area (Å²) in [7, 11) is 0. The molecule has 1 saturated heterocycles. The molecular formula is C13H18I2O3. The van der Waals surface area contributed by atoms with Crippen molar-refractivity contribution in [3.05, 3.63) is 0 Å². The Kier molecular flexibility index (Phi) is 3.86. The minimum atomic E-state index is -0.383. The molecule has 3 nitrogen and oxygen atoms in total. The van der Waals surface area contributed by atoms with Gasteiger partial charge in [-0.05, 0) is 37.5 Å². The Hall–Kier alpha value is 0.890. The largest absolute Gasteiger partial charge is 0.461 e. The Morgan fingerprint density at radius 1 is 1.33 bits per heavy atom. The van der Waals surface area contributed by atoms with E-state index >= 15 is 0 Å². The van der Waals surface area contributed by atoms with Gasteiger partial charge in [0.25, 0.3) is 0 Å². The normalized spacial score (nSPS) is 44.7. The van der Waals surface area contributed by atoms with E-state index in [1.165, 1.54) is 6.42 Å². The van der Waals surface area contributed by atoms with E-state index in [-0.39, 0.29) is 15.5 Å². The van der Waals surface area contributed by atoms with Gasteiger partial charge in [0.2, 0.25) is 0 Å². The van der Waals surface area contributed by atoms with Crippen LogP contribution in [-0.2, 0) is 14.3 Å². The minimum Gasteiger partial charge on any atom is -0.461 e. The van der Waals surface area contributed by atoms with Crippen LogP contribution in [0.4, 0.5) is 0 Å². The molecule has 5 heteroatoms. The van der Waals surface area contributed by atoms with Crippen LogP contribution < -0.4 is 0 Å². The van der Waals surface area contributed by atoms with Crippen molar-refractivity contribution in [2.24, 2.45) is 23.7 Å². The van der Waals surface area contributed by atoms with Crippen molar-refractivity contribution >= 4 is 51.2 Å². The fourth-order valence-electron chi connectivity index (χ4n) is 3.84. The highest BCUT2D eigenvalue weighted by Crippen LogP contribution is 2.55. The number of esters is 1. The second kappa shape index (κ2) is 5.02. The van der Waals surface area contributed by atoms with Crippen molar-refractivity contribution in [3.63, 3.8) is 0 Å². The predicted molar refractivity (Wildman–Crippen MR) is 85.2 cm³/mol. The maximum atomic E-state index is 12.2. The van der Waals surface area contributed by atoms with Crippen LogP contribution in [0.1, 0.15) is 19.8 Å². The summed E-state index contributed by atoms with van der Waals surface area (Å²) in [6.07, 6.45) is 2.47. The van der Waals surface area contributed by atoms with Gasteiger partial charge in [0.05, 0.1) is 13.2 Å². The second-order valence-electron chi connectivity index (χ2n) is 6.04. The summed E-state index contributed by atoms with van der Waals surface area (Å²) in [6, 6.07) is 0. The van der Waals surface area contributed by atoms with E-state index in [4.69, 9.17) is 9.47 Å². The standard InChI is InChI=1S/C13H18I2O3/c1-13(15,6-14)12(16)18-11-3-7-2-8(11)10-5-17-4-9(7)10/h7-11H,2-6H2,1H3. The lowest BCUT2D eigenvalue weighted by atomic mass is 9.80. The van der Waals surface area contributed by atoms with Gasteiger partial charge >= 0.3 is 5.97 Å². The molecule has 3 aliphatic rings. The number of carbonyl (C=O) groups excluding carboxylic acids is 1. The zero-order chi connectivity index (χ0) is 12.9. The molecule has 0 N–H and O–H groups in total. The van der Waals surface area contributed by atoms with E-state index in [9.17, 15) is 4.79 Å². The van der Waals surface area contributed by atoms with Gasteiger partial charge in [0.1, 0.15) is 9.53 Å². The van der Waals surface area contributed by atoms with E-state index in [2.05, 4.69) is 45.2 Å². The third kappa shape index (κ3) is 2.21. The number of fused-ring (bicyclic) bond motifs is 5. The molecule has 0 spiro atoms. The highest BCUT2D eigenvalue weighted by molar-refractivity contribution is 14.1. The molecule has 0 aromatic rings. The Labute approximate surface area is 135 Å². The lowest BCUT2D eigenvalue weighted by Crippen LogP contribution is -2.39. The summed E-state index contributed by atoms with van der Waals surface area (Å²) < 4.78 is 11.8. The van der Waals surface area contributed by atoms with Gasteiger partial charge in [-0.1, -0.05) is 45.2 Å². The molecule has 0 amide bonds. The Morgan fingerprint density at radius 3 is 2.78 bits per heavy atom. The maximum absolute atomic E-state index is 12.2. The SMILES string of the molecule is CC(I)(CI)C(=O)OC1CC2CC1C1COCC21. The average Bonchev–Trinajstić information content (AvgIpc) is 2.99. The van der Waals surface area contributed by atoms with E-state index in [0.717, 1.165) is 35.9 Å². The number of alkyl halides is 2. The molecule has 2 bridgehead atoms. The fourth-order valence-corrected chi connectivity index (χ4v) is 4.27. The zero-order valence-electron chi connectivity index (χ0n) is 10.4. The first-order valence-corrected chi connectivity index (χ1v) is 9.17. The highest BCUT2D eigenvalue weighted by atomic mass is 127. The van der Waals surface area contributed by atoms with Crippen molar-refractivity contribution in [2.75, 3.05) is 17.6 Å². The lowest BCUT2D eigenvalue weighted by Gasteiger charge is -2.31. The Balaban J connectivity index is 1.65. The summed E-state index contributed by atoms with van der Waals surface area (Å²) in [4.78, 5) is 12.2. The molecule has 102 valence electrons. The quantitative estimate of drug-likeness (QED) is 0.358. The second-order valence-corrected chi connectivity index (χ2v) is 9.18. The predicted octanol–water partition coefficient (Wildman–Crippen LogP) is 2.83. The summed E-state index contributed by atoms with van der Waals surface area (Å²) in [5, 5.41) is 0. The molecule has 2 aliphatic carbocycles. The number of hydrogen-bond acceptors (Lipinski definition) is 3. The number of rotatable bonds is 3. The molecule has 2 saturated carbocycles. The third-order valence-corrected chi connectivity index (χ3v) is 8.66. The van der Waals surface area contributed by atoms with E-state index in [0.29, 0.717) is 11.8 Å². The highest BCUT2D eigenvalue weighted by Gasteiger charge is 2.56. The third-order valence-electron chi connectivity index (χ3n) is 4.85. The molecule has 1 heterocycles. The number of carbonyl (C=O) groups is 1. The molecule has 18 heavy (non-hydrogen) atoms. The number of ether oxygens (including phenoxy) is 2. The fraction of sp³-hybridized carbons (Fsp3) is 0.923. The van der Waals surface area contributed by atoms with Crippen LogP contribution in [0, 0.1) is 23.7 Å². The van der Waals surface area contributed by atoms with Gasteiger partial charge in [0.15, 0.2) is 0 Å². The van der Waals surface area contributed by atoms with Crippen molar-refractivity contribution in [1.29, 1.82) is 0 Å². The zero-order valence-corrected chi connectivity index (χ0v) is 14.7. The molecule has 6 atom stereocenters. The number of hydrogen-bond donors (Lipinski definition) is 0. The lowest BCUT2D eigenvalue weighted by molar-refractivity contribution is -0.154. The van der Waals surface area contributed by atoms with Crippen LogP contribution in [0.5, 0.6) is 0 Å². The van der Waals surface area contributed by atoms with Crippen LogP contribution in [0.2, 0.25) is 0 Å². The van der Waals surface area contributed by atoms with E-state index in [1.54, 1.807) is 0 Å². The van der Waals surface area contributed by atoms with Crippen LogP contribution in [-0.4, -0.2) is 33.1 Å². The topological polar surface area (TPSA) is 35.5 Å². The first-order chi connectivity index (χ1) is 8.53. The molecule has 3 fully saturated rings. The molecule has 6 unspecified atom stereocenters. The van der Waals surface area contributed by atoms with Gasteiger partial charge in [-0.15, -0.1) is 0 Å². The van der Waals surface area contributed by atoms with Crippen LogP contribution in [0.3, 0.4) is 0 Å². The molecule has 0 aromatic heterocycles. The summed E-state index contributed by atoms with van der Waals surface area (Å²) in [5.74, 6) is 2.67. The molecule has 3 rings (SSSR count). The first kappa shape index (κ1) is 13.9. The molecule has 1 aliphatic heterocycles. The summed E-state index contributed by atoms with van der Waals surface area (Å²) in [6.45, 7) is 3.77. The van der Waals surface area contributed by atoms with Crippen molar-refractivity contribution in [1.82, 2.24) is 0 Å². The molecular weight excluding hydrogens is 458 g/mol. The van der Waals surface area contributed by atoms with Gasteiger partial charge in [-0.25, -0.2) is 0 Å². The minimum absolute atomic E-state index is 0.0366. The maximum Gasteiger partial charge on any atom is 0.322 e.